The number of nitrogens with one attached hydrogen (secondary N) is 1. The fourth-order valence-electron chi connectivity index (χ4n) is 4.10. The minimum absolute atomic E-state index is 0.0943. The Labute approximate surface area is 156 Å². The summed E-state index contributed by atoms with van der Waals surface area (Å²) in [4.78, 5) is 15.4. The number of aryl methyl sites for hydroxylation is 1. The van der Waals surface area contributed by atoms with Gasteiger partial charge in [0.25, 0.3) is 0 Å². The number of carbonyl (C=O) groups is 1. The summed E-state index contributed by atoms with van der Waals surface area (Å²) in [7, 11) is 0. The Bertz CT molecular complexity index is 1030. The van der Waals surface area contributed by atoms with E-state index in [0.717, 1.165) is 17.8 Å². The molecule has 0 saturated heterocycles. The van der Waals surface area contributed by atoms with E-state index >= 15 is 0 Å². The van der Waals surface area contributed by atoms with E-state index < -0.39 is 5.41 Å². The summed E-state index contributed by atoms with van der Waals surface area (Å²) in [6.45, 7) is 6.12. The van der Waals surface area contributed by atoms with E-state index in [-0.39, 0.29) is 23.2 Å². The molecule has 7 heteroatoms. The number of benzene rings is 1. The number of ether oxygens (including phenoxy) is 1. The molecule has 2 aliphatic heterocycles. The molecule has 2 aliphatic rings. The van der Waals surface area contributed by atoms with Crippen LogP contribution in [0.25, 0.3) is 0 Å². The maximum Gasteiger partial charge on any atom is 0.248 e. The van der Waals surface area contributed by atoms with Crippen LogP contribution in [0.15, 0.2) is 48.4 Å². The molecule has 0 bridgehead atoms. The average Bonchev–Trinajstić information content (AvgIpc) is 3.16. The first kappa shape index (κ1) is 16.9. The summed E-state index contributed by atoms with van der Waals surface area (Å²) in [5.74, 6) is -0.0897. The lowest BCUT2D eigenvalue weighted by molar-refractivity contribution is -0.120. The third kappa shape index (κ3) is 2.01. The molecule has 7 nitrogen and oxygen atoms in total. The highest BCUT2D eigenvalue weighted by molar-refractivity contribution is 6.14. The molecule has 2 aromatic rings. The molecule has 1 amide bonds. The smallest absolute Gasteiger partial charge is 0.248 e. The Kier molecular flexibility index (Phi) is 3.77. The molecular formula is C20H19N5O2. The normalized spacial score (nSPS) is 20.3. The molecule has 3 heterocycles. The number of amides is 1. The molecular weight excluding hydrogens is 342 g/mol. The largest absolute Gasteiger partial charge is 0.420 e. The van der Waals surface area contributed by atoms with Crippen molar-refractivity contribution in [1.29, 1.82) is 5.26 Å². The molecule has 3 N–H and O–H groups in total. The van der Waals surface area contributed by atoms with Gasteiger partial charge in [-0.15, -0.1) is 11.7 Å². The third-order valence-electron chi connectivity index (χ3n) is 5.10. The van der Waals surface area contributed by atoms with Gasteiger partial charge in [0, 0.05) is 23.5 Å². The molecule has 0 unspecified atom stereocenters. The number of para-hydroxylation sites is 1. The second kappa shape index (κ2) is 6.02. The molecule has 0 aliphatic carbocycles. The van der Waals surface area contributed by atoms with E-state index in [2.05, 4.69) is 22.8 Å². The molecule has 0 fully saturated rings. The molecule has 0 radical (unpaired) electrons. The summed E-state index contributed by atoms with van der Waals surface area (Å²) >= 11 is 0. The number of fused-ring (bicyclic) bond motifs is 4. The number of carbonyl (C=O) groups excluding carboxylic acids is 1. The van der Waals surface area contributed by atoms with Crippen LogP contribution in [-0.2, 0) is 16.6 Å². The van der Waals surface area contributed by atoms with E-state index in [9.17, 15) is 10.1 Å². The molecule has 136 valence electrons. The number of anilines is 1. The monoisotopic (exact) mass is 361 g/mol. The molecule has 1 atom stereocenters. The van der Waals surface area contributed by atoms with Crippen molar-refractivity contribution in [2.24, 2.45) is 5.73 Å². The maximum absolute atomic E-state index is 13.8. The number of hydrogen-bond acceptors (Lipinski definition) is 5. The predicted octanol–water partition coefficient (Wildman–Crippen LogP) is 2.27. The van der Waals surface area contributed by atoms with E-state index in [4.69, 9.17) is 10.5 Å². The van der Waals surface area contributed by atoms with Crippen LogP contribution >= 0.6 is 0 Å². The van der Waals surface area contributed by atoms with Gasteiger partial charge in [0.1, 0.15) is 17.1 Å². The van der Waals surface area contributed by atoms with Crippen LogP contribution in [0.1, 0.15) is 30.2 Å². The van der Waals surface area contributed by atoms with E-state index in [1.165, 1.54) is 0 Å². The van der Waals surface area contributed by atoms with Gasteiger partial charge in [-0.25, -0.2) is 0 Å². The van der Waals surface area contributed by atoms with Crippen LogP contribution in [0, 0.1) is 11.3 Å². The predicted molar refractivity (Wildman–Crippen MR) is 99.8 cm³/mol. The number of aromatic nitrogens is 2. The minimum atomic E-state index is -1.36. The van der Waals surface area contributed by atoms with Crippen LogP contribution < -0.4 is 15.4 Å². The zero-order chi connectivity index (χ0) is 19.2. The fourth-order valence-corrected chi connectivity index (χ4v) is 4.10. The van der Waals surface area contributed by atoms with Crippen molar-refractivity contribution in [2.75, 3.05) is 11.4 Å². The number of nitrogens with two attached hydrogens (primary N) is 1. The minimum Gasteiger partial charge on any atom is -0.420 e. The van der Waals surface area contributed by atoms with Crippen LogP contribution in [0.2, 0.25) is 0 Å². The van der Waals surface area contributed by atoms with Crippen molar-refractivity contribution < 1.29 is 9.53 Å². The standard InChI is InChI=1S/C20H19N5O2/c1-3-7-14-16-18(24-23-14)27-17(22)13(11-21)20(16)12-8-5-6-9-15(12)25(10-4-2)19(20)26/h4-6,8-9H,2-3,7,10,22H2,1H3,(H,23,24)/t20-/m0/s1. The summed E-state index contributed by atoms with van der Waals surface area (Å²) in [5, 5.41) is 17.1. The molecule has 1 aromatic heterocycles. The Morgan fingerprint density at radius 3 is 2.96 bits per heavy atom. The van der Waals surface area contributed by atoms with E-state index in [1.54, 1.807) is 11.0 Å². The maximum atomic E-state index is 13.8. The Hall–Kier alpha value is -3.53. The number of nitriles is 1. The first-order valence-corrected chi connectivity index (χ1v) is 8.79. The molecule has 1 spiro atoms. The number of aromatic amines is 1. The summed E-state index contributed by atoms with van der Waals surface area (Å²) < 4.78 is 5.61. The summed E-state index contributed by atoms with van der Waals surface area (Å²) in [5.41, 5.74) is 7.61. The van der Waals surface area contributed by atoms with Gasteiger partial charge in [0.15, 0.2) is 0 Å². The average molecular weight is 361 g/mol. The summed E-state index contributed by atoms with van der Waals surface area (Å²) in [6, 6.07) is 9.58. The van der Waals surface area contributed by atoms with Gasteiger partial charge in [-0.3, -0.25) is 9.89 Å². The first-order valence-electron chi connectivity index (χ1n) is 8.79. The SMILES string of the molecule is C=CCN1C(=O)[C@]2(C(C#N)=C(N)Oc3n[nH]c(CCC)c32)c2ccccc21. The van der Waals surface area contributed by atoms with E-state index in [1.807, 2.05) is 31.2 Å². The van der Waals surface area contributed by atoms with Crippen LogP contribution in [0.4, 0.5) is 5.69 Å². The molecule has 4 rings (SSSR count). The number of nitrogens with zero attached hydrogens (tertiary/aromatic N) is 3. The number of hydrogen-bond donors (Lipinski definition) is 2. The van der Waals surface area contributed by atoms with Gasteiger partial charge in [-0.2, -0.15) is 5.26 Å². The molecule has 1 aromatic carbocycles. The number of rotatable bonds is 4. The van der Waals surface area contributed by atoms with Crippen molar-refractivity contribution in [1.82, 2.24) is 10.2 Å². The van der Waals surface area contributed by atoms with E-state index in [0.29, 0.717) is 24.1 Å². The Morgan fingerprint density at radius 1 is 1.48 bits per heavy atom. The second-order valence-corrected chi connectivity index (χ2v) is 6.56. The van der Waals surface area contributed by atoms with Crippen LogP contribution in [0.5, 0.6) is 5.88 Å². The van der Waals surface area contributed by atoms with Crippen molar-refractivity contribution in [2.45, 2.75) is 25.2 Å². The zero-order valence-corrected chi connectivity index (χ0v) is 15.0. The van der Waals surface area contributed by atoms with Gasteiger partial charge in [0.2, 0.25) is 17.7 Å². The van der Waals surface area contributed by atoms with Gasteiger partial charge < -0.3 is 15.4 Å². The lowest BCUT2D eigenvalue weighted by Crippen LogP contribution is -2.46. The number of H-pyrrole nitrogens is 1. The highest BCUT2D eigenvalue weighted by atomic mass is 16.5. The molecule has 27 heavy (non-hydrogen) atoms. The van der Waals surface area contributed by atoms with Gasteiger partial charge in [-0.1, -0.05) is 37.6 Å². The van der Waals surface area contributed by atoms with Crippen molar-refractivity contribution in [3.63, 3.8) is 0 Å². The lowest BCUT2D eigenvalue weighted by Gasteiger charge is -2.32. The van der Waals surface area contributed by atoms with Gasteiger partial charge in [-0.05, 0) is 12.5 Å². The van der Waals surface area contributed by atoms with Crippen LogP contribution in [0.3, 0.4) is 0 Å². The Balaban J connectivity index is 2.12. The van der Waals surface area contributed by atoms with Gasteiger partial charge >= 0.3 is 0 Å². The van der Waals surface area contributed by atoms with Crippen LogP contribution in [-0.4, -0.2) is 22.6 Å². The quantitative estimate of drug-likeness (QED) is 0.812. The summed E-state index contributed by atoms with van der Waals surface area (Å²) in [6.07, 6.45) is 3.18. The fraction of sp³-hybridized carbons (Fsp3) is 0.250. The van der Waals surface area contributed by atoms with Crippen molar-refractivity contribution in [3.05, 3.63) is 65.2 Å². The highest BCUT2D eigenvalue weighted by Gasteiger charge is 2.60. The topological polar surface area (TPSA) is 108 Å². The highest BCUT2D eigenvalue weighted by Crippen LogP contribution is 2.55. The van der Waals surface area contributed by atoms with Crippen molar-refractivity contribution >= 4 is 11.6 Å². The third-order valence-corrected chi connectivity index (χ3v) is 5.10. The first-order chi connectivity index (χ1) is 13.1. The zero-order valence-electron chi connectivity index (χ0n) is 15.0. The second-order valence-electron chi connectivity index (χ2n) is 6.56. The van der Waals surface area contributed by atoms with Crippen molar-refractivity contribution in [3.8, 4) is 11.9 Å². The lowest BCUT2D eigenvalue weighted by atomic mass is 9.68. The van der Waals surface area contributed by atoms with Gasteiger partial charge in [0.05, 0.1) is 5.56 Å². The molecule has 0 saturated carbocycles. The Morgan fingerprint density at radius 2 is 2.26 bits per heavy atom.